The van der Waals surface area contributed by atoms with Crippen molar-refractivity contribution in [2.24, 2.45) is 0 Å². The fourth-order valence-electron chi connectivity index (χ4n) is 2.04. The van der Waals surface area contributed by atoms with E-state index < -0.39 is 17.5 Å². The smallest absolute Gasteiger partial charge is 0.274 e. The maximum Gasteiger partial charge on any atom is 0.274 e. The van der Waals surface area contributed by atoms with Crippen LogP contribution >= 0.6 is 0 Å². The molecule has 6 nitrogen and oxygen atoms in total. The van der Waals surface area contributed by atoms with E-state index in [1.54, 1.807) is 12.4 Å². The van der Waals surface area contributed by atoms with Gasteiger partial charge in [-0.2, -0.15) is 0 Å². The Morgan fingerprint density at radius 2 is 1.96 bits per heavy atom. The number of pyridine rings is 1. The number of benzene rings is 1. The van der Waals surface area contributed by atoms with E-state index in [1.807, 2.05) is 12.1 Å². The van der Waals surface area contributed by atoms with Crippen LogP contribution in [0.2, 0.25) is 0 Å². The largest absolute Gasteiger partial charge is 0.366 e. The molecule has 0 aliphatic rings. The van der Waals surface area contributed by atoms with E-state index >= 15 is 0 Å². The second kappa shape index (κ2) is 7.43. The number of hydrogen-bond donors (Lipinski definition) is 2. The Bertz CT molecular complexity index is 889. The molecule has 0 radical (unpaired) electrons. The van der Waals surface area contributed by atoms with Crippen LogP contribution in [-0.4, -0.2) is 20.9 Å². The zero-order chi connectivity index (χ0) is 17.6. The number of hydrogen-bond acceptors (Lipinski definition) is 5. The lowest BCUT2D eigenvalue weighted by molar-refractivity contribution is 0.102. The second-order valence-corrected chi connectivity index (χ2v) is 5.09. The first-order valence-corrected chi connectivity index (χ1v) is 7.33. The minimum atomic E-state index is -1.04. The van der Waals surface area contributed by atoms with Crippen molar-refractivity contribution in [3.05, 3.63) is 78.0 Å². The standard InChI is InChI=1S/C17H13F2N5O/c18-13-4-3-12(6-14(13)19)24-17(25)15-7-16(23-10-22-15)21-9-11-2-1-5-20-8-11/h1-8,10H,9H2,(H,24,25)(H,21,22,23). The molecule has 0 saturated heterocycles. The molecule has 0 saturated carbocycles. The molecule has 1 aromatic carbocycles. The van der Waals surface area contributed by atoms with Crippen molar-refractivity contribution in [3.8, 4) is 0 Å². The molecular formula is C17H13F2N5O. The average molecular weight is 341 g/mol. The van der Waals surface area contributed by atoms with Crippen molar-refractivity contribution in [2.45, 2.75) is 6.54 Å². The monoisotopic (exact) mass is 341 g/mol. The van der Waals surface area contributed by atoms with E-state index in [0.717, 1.165) is 17.7 Å². The van der Waals surface area contributed by atoms with Gasteiger partial charge in [0.15, 0.2) is 11.6 Å². The molecule has 8 heteroatoms. The Labute approximate surface area is 142 Å². The van der Waals surface area contributed by atoms with E-state index in [9.17, 15) is 13.6 Å². The van der Waals surface area contributed by atoms with E-state index in [-0.39, 0.29) is 11.4 Å². The normalized spacial score (nSPS) is 10.3. The van der Waals surface area contributed by atoms with E-state index in [0.29, 0.717) is 12.4 Å². The molecule has 2 heterocycles. The molecule has 0 aliphatic heterocycles. The second-order valence-electron chi connectivity index (χ2n) is 5.09. The van der Waals surface area contributed by atoms with Crippen molar-refractivity contribution in [1.29, 1.82) is 0 Å². The summed E-state index contributed by atoms with van der Waals surface area (Å²) in [5, 5.41) is 5.51. The molecule has 0 atom stereocenters. The van der Waals surface area contributed by atoms with Gasteiger partial charge in [0.25, 0.3) is 5.91 Å². The first-order chi connectivity index (χ1) is 12.1. The maximum atomic E-state index is 13.2. The third-order valence-electron chi connectivity index (χ3n) is 3.27. The molecule has 0 fully saturated rings. The molecule has 2 aromatic heterocycles. The Balaban J connectivity index is 1.67. The zero-order valence-electron chi connectivity index (χ0n) is 12.9. The summed E-state index contributed by atoms with van der Waals surface area (Å²) in [4.78, 5) is 24.1. The van der Waals surface area contributed by atoms with E-state index in [1.165, 1.54) is 18.5 Å². The van der Waals surface area contributed by atoms with Gasteiger partial charge in [-0.3, -0.25) is 9.78 Å². The van der Waals surface area contributed by atoms with Gasteiger partial charge in [-0.25, -0.2) is 18.7 Å². The highest BCUT2D eigenvalue weighted by Crippen LogP contribution is 2.14. The summed E-state index contributed by atoms with van der Waals surface area (Å²) in [5.41, 5.74) is 1.18. The number of aromatic nitrogens is 3. The summed E-state index contributed by atoms with van der Waals surface area (Å²) in [7, 11) is 0. The summed E-state index contributed by atoms with van der Waals surface area (Å²) in [6, 6.07) is 8.28. The van der Waals surface area contributed by atoms with Crippen LogP contribution in [0.1, 0.15) is 16.1 Å². The highest BCUT2D eigenvalue weighted by Gasteiger charge is 2.11. The Kier molecular flexibility index (Phi) is 4.89. The number of rotatable bonds is 5. The lowest BCUT2D eigenvalue weighted by Gasteiger charge is -2.08. The molecule has 25 heavy (non-hydrogen) atoms. The summed E-state index contributed by atoms with van der Waals surface area (Å²) < 4.78 is 26.1. The number of amides is 1. The highest BCUT2D eigenvalue weighted by atomic mass is 19.2. The average Bonchev–Trinajstić information content (AvgIpc) is 2.64. The van der Waals surface area contributed by atoms with Crippen LogP contribution in [-0.2, 0) is 6.54 Å². The number of halogens is 2. The predicted octanol–water partition coefficient (Wildman–Crippen LogP) is 3.01. The van der Waals surface area contributed by atoms with Crippen LogP contribution in [0, 0.1) is 11.6 Å². The fraction of sp³-hybridized carbons (Fsp3) is 0.0588. The summed E-state index contributed by atoms with van der Waals surface area (Å²) in [6.07, 6.45) is 4.63. The molecule has 3 rings (SSSR count). The number of carbonyl (C=O) groups excluding carboxylic acids is 1. The number of anilines is 2. The zero-order valence-corrected chi connectivity index (χ0v) is 12.9. The van der Waals surface area contributed by atoms with Gasteiger partial charge in [0.05, 0.1) is 0 Å². The Morgan fingerprint density at radius 3 is 2.72 bits per heavy atom. The number of nitrogens with one attached hydrogen (secondary N) is 2. The molecule has 0 spiro atoms. The first-order valence-electron chi connectivity index (χ1n) is 7.33. The molecule has 3 aromatic rings. The van der Waals surface area contributed by atoms with Gasteiger partial charge >= 0.3 is 0 Å². The van der Waals surface area contributed by atoms with Gasteiger partial charge in [-0.05, 0) is 23.8 Å². The van der Waals surface area contributed by atoms with Gasteiger partial charge in [0, 0.05) is 36.8 Å². The van der Waals surface area contributed by atoms with Crippen molar-refractivity contribution < 1.29 is 13.6 Å². The van der Waals surface area contributed by atoms with Crippen LogP contribution in [0.25, 0.3) is 0 Å². The minimum Gasteiger partial charge on any atom is -0.366 e. The van der Waals surface area contributed by atoms with Crippen LogP contribution < -0.4 is 10.6 Å². The molecule has 0 bridgehead atoms. The molecule has 0 unspecified atom stereocenters. The predicted molar refractivity (Wildman–Crippen MR) is 87.9 cm³/mol. The van der Waals surface area contributed by atoms with Gasteiger partial charge < -0.3 is 10.6 Å². The lowest BCUT2D eigenvalue weighted by atomic mass is 10.2. The van der Waals surface area contributed by atoms with Crippen molar-refractivity contribution in [2.75, 3.05) is 10.6 Å². The van der Waals surface area contributed by atoms with Crippen LogP contribution in [0.4, 0.5) is 20.3 Å². The molecule has 0 aliphatic carbocycles. The molecule has 2 N–H and O–H groups in total. The topological polar surface area (TPSA) is 79.8 Å². The quantitative estimate of drug-likeness (QED) is 0.746. The third-order valence-corrected chi connectivity index (χ3v) is 3.27. The van der Waals surface area contributed by atoms with Crippen LogP contribution in [0.15, 0.2) is 55.1 Å². The molecule has 126 valence electrons. The number of carbonyl (C=O) groups is 1. The van der Waals surface area contributed by atoms with Gasteiger partial charge in [0.2, 0.25) is 0 Å². The van der Waals surface area contributed by atoms with Crippen molar-refractivity contribution >= 4 is 17.4 Å². The third kappa shape index (κ3) is 4.31. The van der Waals surface area contributed by atoms with Gasteiger partial charge in [-0.15, -0.1) is 0 Å². The molecular weight excluding hydrogens is 328 g/mol. The van der Waals surface area contributed by atoms with Gasteiger partial charge in [0.1, 0.15) is 17.8 Å². The van der Waals surface area contributed by atoms with E-state index in [2.05, 4.69) is 25.6 Å². The fourth-order valence-corrected chi connectivity index (χ4v) is 2.04. The minimum absolute atomic E-state index is 0.0911. The summed E-state index contributed by atoms with van der Waals surface area (Å²) in [5.74, 6) is -2.13. The first kappa shape index (κ1) is 16.4. The maximum absolute atomic E-state index is 13.2. The summed E-state index contributed by atoms with van der Waals surface area (Å²) >= 11 is 0. The van der Waals surface area contributed by atoms with Crippen molar-refractivity contribution in [1.82, 2.24) is 15.0 Å². The summed E-state index contributed by atoms with van der Waals surface area (Å²) in [6.45, 7) is 0.481. The Hall–Kier alpha value is -3.42. The van der Waals surface area contributed by atoms with Crippen LogP contribution in [0.5, 0.6) is 0 Å². The molecule has 1 amide bonds. The van der Waals surface area contributed by atoms with Crippen molar-refractivity contribution in [3.63, 3.8) is 0 Å². The van der Waals surface area contributed by atoms with Gasteiger partial charge in [-0.1, -0.05) is 6.07 Å². The van der Waals surface area contributed by atoms with Crippen LogP contribution in [0.3, 0.4) is 0 Å². The van der Waals surface area contributed by atoms with E-state index in [4.69, 9.17) is 0 Å². The highest BCUT2D eigenvalue weighted by molar-refractivity contribution is 6.03. The lowest BCUT2D eigenvalue weighted by Crippen LogP contribution is -2.15. The SMILES string of the molecule is O=C(Nc1ccc(F)c(F)c1)c1cc(NCc2cccnc2)ncn1. The Morgan fingerprint density at radius 1 is 1.08 bits per heavy atom. The number of nitrogens with zero attached hydrogens (tertiary/aromatic N) is 3.